The zero-order valence-corrected chi connectivity index (χ0v) is 8.92. The molecule has 0 amide bonds. The van der Waals surface area contributed by atoms with E-state index >= 15 is 0 Å². The Hall–Kier alpha value is -0.810. The van der Waals surface area contributed by atoms with Crippen LogP contribution in [0.2, 0.25) is 0 Å². The molecule has 0 aromatic carbocycles. The number of guanidine groups is 1. The van der Waals surface area contributed by atoms with Gasteiger partial charge in [0.15, 0.2) is 0 Å². The minimum atomic E-state index is 0.344. The summed E-state index contributed by atoms with van der Waals surface area (Å²) in [4.78, 5) is 4.32. The molecule has 0 aromatic heterocycles. The summed E-state index contributed by atoms with van der Waals surface area (Å²) in [5, 5.41) is 3.21. The summed E-state index contributed by atoms with van der Waals surface area (Å²) in [6.45, 7) is 6.58. The molecule has 82 valence electrons. The number of rotatable bonds is 3. The van der Waals surface area contributed by atoms with Gasteiger partial charge in [-0.25, -0.2) is 5.84 Å². The molecule has 0 spiro atoms. The lowest BCUT2D eigenvalue weighted by Crippen LogP contribution is -2.46. The van der Waals surface area contributed by atoms with Crippen LogP contribution < -0.4 is 16.6 Å². The van der Waals surface area contributed by atoms with Crippen LogP contribution in [0.4, 0.5) is 0 Å². The number of hydrogen-bond acceptors (Lipinski definition) is 3. The first kappa shape index (κ1) is 11.3. The first-order chi connectivity index (χ1) is 6.72. The van der Waals surface area contributed by atoms with Crippen LogP contribution in [0.1, 0.15) is 20.3 Å². The number of hydrazine groups is 1. The highest BCUT2D eigenvalue weighted by molar-refractivity contribution is 5.79. The minimum absolute atomic E-state index is 0.344. The smallest absolute Gasteiger partial charge is 0.206 e. The molecule has 1 unspecified atom stereocenters. The van der Waals surface area contributed by atoms with E-state index in [4.69, 9.17) is 10.6 Å². The summed E-state index contributed by atoms with van der Waals surface area (Å²) in [6, 6.07) is 0.344. The van der Waals surface area contributed by atoms with Crippen molar-refractivity contribution >= 4 is 5.96 Å². The van der Waals surface area contributed by atoms with Gasteiger partial charge in [-0.1, -0.05) is 13.8 Å². The summed E-state index contributed by atoms with van der Waals surface area (Å²) in [7, 11) is 0. The lowest BCUT2D eigenvalue weighted by Gasteiger charge is -2.14. The molecule has 4 N–H and O–H groups in total. The van der Waals surface area contributed by atoms with Gasteiger partial charge >= 0.3 is 0 Å². The Morgan fingerprint density at radius 2 is 2.43 bits per heavy atom. The van der Waals surface area contributed by atoms with Crippen molar-refractivity contribution in [3.05, 3.63) is 0 Å². The van der Waals surface area contributed by atoms with Crippen molar-refractivity contribution in [2.45, 2.75) is 26.3 Å². The number of nitrogens with zero attached hydrogens (tertiary/aromatic N) is 1. The molecule has 5 nitrogen and oxygen atoms in total. The highest BCUT2D eigenvalue weighted by Crippen LogP contribution is 2.02. The Kier molecular flexibility index (Phi) is 4.69. The fraction of sp³-hybridized carbons (Fsp3) is 0.889. The van der Waals surface area contributed by atoms with Crippen LogP contribution in [0.3, 0.4) is 0 Å². The molecule has 1 saturated heterocycles. The van der Waals surface area contributed by atoms with E-state index in [0.717, 1.165) is 26.2 Å². The summed E-state index contributed by atoms with van der Waals surface area (Å²) in [5.41, 5.74) is 2.57. The molecule has 0 saturated carbocycles. The maximum atomic E-state index is 5.35. The predicted octanol–water partition coefficient (Wildman–Crippen LogP) is -0.160. The molecule has 1 heterocycles. The Balaban J connectivity index is 2.32. The van der Waals surface area contributed by atoms with Crippen LogP contribution in [0.15, 0.2) is 4.99 Å². The third kappa shape index (κ3) is 3.93. The lowest BCUT2D eigenvalue weighted by molar-refractivity contribution is 0.192. The zero-order valence-electron chi connectivity index (χ0n) is 8.92. The van der Waals surface area contributed by atoms with Gasteiger partial charge in [0, 0.05) is 13.2 Å². The average Bonchev–Trinajstić information content (AvgIpc) is 2.64. The molecular formula is C9H20N4O. The SMILES string of the molecule is CC(C)CN=C(NN)NC1CCOC1. The molecule has 1 fully saturated rings. The monoisotopic (exact) mass is 200 g/mol. The second-order valence-electron chi connectivity index (χ2n) is 3.93. The summed E-state index contributed by atoms with van der Waals surface area (Å²) < 4.78 is 5.24. The Morgan fingerprint density at radius 1 is 1.64 bits per heavy atom. The number of nitrogens with two attached hydrogens (primary N) is 1. The molecule has 0 radical (unpaired) electrons. The summed E-state index contributed by atoms with van der Waals surface area (Å²) >= 11 is 0. The van der Waals surface area contributed by atoms with Crippen LogP contribution >= 0.6 is 0 Å². The molecule has 0 aliphatic carbocycles. The van der Waals surface area contributed by atoms with Crippen molar-refractivity contribution in [1.29, 1.82) is 0 Å². The molecule has 1 aliphatic heterocycles. The average molecular weight is 200 g/mol. The number of hydrogen-bond donors (Lipinski definition) is 3. The van der Waals surface area contributed by atoms with Gasteiger partial charge in [0.05, 0.1) is 12.6 Å². The fourth-order valence-corrected chi connectivity index (χ4v) is 1.25. The number of nitrogens with one attached hydrogen (secondary N) is 2. The van der Waals surface area contributed by atoms with Gasteiger partial charge in [-0.3, -0.25) is 10.4 Å². The van der Waals surface area contributed by atoms with Gasteiger partial charge in [0.25, 0.3) is 0 Å². The summed E-state index contributed by atoms with van der Waals surface area (Å²) in [5.74, 6) is 6.56. The van der Waals surface area contributed by atoms with Crippen molar-refractivity contribution in [3.63, 3.8) is 0 Å². The second kappa shape index (κ2) is 5.82. The normalized spacial score (nSPS) is 22.9. The van der Waals surface area contributed by atoms with E-state index < -0.39 is 0 Å². The lowest BCUT2D eigenvalue weighted by atomic mass is 10.2. The number of aliphatic imine (C=N–C) groups is 1. The standard InChI is InChI=1S/C9H20N4O/c1-7(2)5-11-9(13-10)12-8-3-4-14-6-8/h7-8H,3-6,10H2,1-2H3,(H2,11,12,13). The van der Waals surface area contributed by atoms with Crippen LogP contribution in [-0.2, 0) is 4.74 Å². The van der Waals surface area contributed by atoms with E-state index in [2.05, 4.69) is 29.6 Å². The van der Waals surface area contributed by atoms with Gasteiger partial charge in [-0.15, -0.1) is 0 Å². The first-order valence-electron chi connectivity index (χ1n) is 5.07. The van der Waals surface area contributed by atoms with Crippen molar-refractivity contribution in [3.8, 4) is 0 Å². The van der Waals surface area contributed by atoms with Crippen molar-refractivity contribution in [2.75, 3.05) is 19.8 Å². The molecule has 5 heteroatoms. The maximum absolute atomic E-state index is 5.35. The maximum Gasteiger partial charge on any atom is 0.206 e. The van der Waals surface area contributed by atoms with Crippen molar-refractivity contribution < 1.29 is 4.74 Å². The molecular weight excluding hydrogens is 180 g/mol. The molecule has 0 aromatic rings. The van der Waals surface area contributed by atoms with E-state index in [1.54, 1.807) is 0 Å². The van der Waals surface area contributed by atoms with Gasteiger partial charge in [-0.05, 0) is 12.3 Å². The second-order valence-corrected chi connectivity index (χ2v) is 3.93. The predicted molar refractivity (Wildman–Crippen MR) is 56.8 cm³/mol. The quantitative estimate of drug-likeness (QED) is 0.256. The zero-order chi connectivity index (χ0) is 10.4. The van der Waals surface area contributed by atoms with Gasteiger partial charge in [0.1, 0.15) is 0 Å². The Morgan fingerprint density at radius 3 is 2.93 bits per heavy atom. The van der Waals surface area contributed by atoms with Crippen LogP contribution in [0.5, 0.6) is 0 Å². The van der Waals surface area contributed by atoms with E-state index in [0.29, 0.717) is 17.9 Å². The van der Waals surface area contributed by atoms with E-state index in [1.807, 2.05) is 0 Å². The van der Waals surface area contributed by atoms with Crippen LogP contribution in [0.25, 0.3) is 0 Å². The van der Waals surface area contributed by atoms with Gasteiger partial charge < -0.3 is 10.1 Å². The van der Waals surface area contributed by atoms with Crippen LogP contribution in [-0.4, -0.2) is 31.8 Å². The van der Waals surface area contributed by atoms with Crippen molar-refractivity contribution in [1.82, 2.24) is 10.7 Å². The van der Waals surface area contributed by atoms with Crippen molar-refractivity contribution in [2.24, 2.45) is 16.8 Å². The molecule has 1 rings (SSSR count). The highest BCUT2D eigenvalue weighted by atomic mass is 16.5. The first-order valence-corrected chi connectivity index (χ1v) is 5.07. The molecule has 14 heavy (non-hydrogen) atoms. The molecule has 1 atom stereocenters. The topological polar surface area (TPSA) is 71.7 Å². The molecule has 1 aliphatic rings. The largest absolute Gasteiger partial charge is 0.379 e. The Bertz CT molecular complexity index is 187. The summed E-state index contributed by atoms with van der Waals surface area (Å²) in [6.07, 6.45) is 1.02. The minimum Gasteiger partial charge on any atom is -0.379 e. The fourth-order valence-electron chi connectivity index (χ4n) is 1.25. The van der Waals surface area contributed by atoms with Crippen LogP contribution in [0, 0.1) is 5.92 Å². The van der Waals surface area contributed by atoms with E-state index in [1.165, 1.54) is 0 Å². The number of ether oxygens (including phenoxy) is 1. The molecule has 0 bridgehead atoms. The third-order valence-electron chi connectivity index (χ3n) is 2.02. The third-order valence-corrected chi connectivity index (χ3v) is 2.02. The van der Waals surface area contributed by atoms with E-state index in [9.17, 15) is 0 Å². The Labute approximate surface area is 85.1 Å². The van der Waals surface area contributed by atoms with E-state index in [-0.39, 0.29) is 0 Å². The van der Waals surface area contributed by atoms with Gasteiger partial charge in [-0.2, -0.15) is 0 Å². The van der Waals surface area contributed by atoms with Gasteiger partial charge in [0.2, 0.25) is 5.96 Å². The highest BCUT2D eigenvalue weighted by Gasteiger charge is 2.16.